The molecule has 7 nitrogen and oxygen atoms in total. The van der Waals surface area contributed by atoms with Crippen LogP contribution in [-0.4, -0.2) is 30.5 Å². The van der Waals surface area contributed by atoms with Crippen LogP contribution >= 0.6 is 11.6 Å². The van der Waals surface area contributed by atoms with Crippen LogP contribution in [0.2, 0.25) is 5.02 Å². The summed E-state index contributed by atoms with van der Waals surface area (Å²) < 4.78 is 2.38. The molecule has 27 heavy (non-hydrogen) atoms. The fraction of sp³-hybridized carbons (Fsp3) is 0.0526. The van der Waals surface area contributed by atoms with Crippen molar-refractivity contribution in [2.45, 2.75) is 6.54 Å². The minimum absolute atomic E-state index is 0.245. The van der Waals surface area contributed by atoms with Crippen LogP contribution in [-0.2, 0) is 11.3 Å². The van der Waals surface area contributed by atoms with Crippen molar-refractivity contribution < 1.29 is 9.90 Å². The first-order valence-corrected chi connectivity index (χ1v) is 8.45. The molecule has 0 saturated heterocycles. The zero-order valence-electron chi connectivity index (χ0n) is 13.9. The van der Waals surface area contributed by atoms with E-state index in [-0.39, 0.29) is 5.52 Å². The van der Waals surface area contributed by atoms with Crippen molar-refractivity contribution in [1.82, 2.24) is 19.4 Å². The second-order valence-corrected chi connectivity index (χ2v) is 6.32. The summed E-state index contributed by atoms with van der Waals surface area (Å²) in [6, 6.07) is 17.9. The largest absolute Gasteiger partial charge is 0.480 e. The van der Waals surface area contributed by atoms with Gasteiger partial charge in [-0.2, -0.15) is 5.10 Å². The Balaban J connectivity index is 1.99. The van der Waals surface area contributed by atoms with Crippen LogP contribution in [0, 0.1) is 0 Å². The van der Waals surface area contributed by atoms with Crippen LogP contribution in [0.25, 0.3) is 28.2 Å². The predicted molar refractivity (Wildman–Crippen MR) is 101 cm³/mol. The van der Waals surface area contributed by atoms with Crippen LogP contribution in [0.4, 0.5) is 0 Å². The number of hydrogen-bond donors (Lipinski definition) is 1. The van der Waals surface area contributed by atoms with Crippen LogP contribution in [0.15, 0.2) is 65.5 Å². The zero-order valence-corrected chi connectivity index (χ0v) is 14.7. The Bertz CT molecular complexity index is 1200. The lowest BCUT2D eigenvalue weighted by atomic mass is 10.1. The second-order valence-electron chi connectivity index (χ2n) is 5.88. The molecule has 8 heteroatoms. The van der Waals surface area contributed by atoms with Gasteiger partial charge < -0.3 is 5.11 Å². The Morgan fingerprint density at radius 1 is 1.00 bits per heavy atom. The molecule has 1 N–H and O–H groups in total. The van der Waals surface area contributed by atoms with Crippen LogP contribution in [0.5, 0.6) is 0 Å². The monoisotopic (exact) mass is 380 g/mol. The first-order chi connectivity index (χ1) is 13.0. The first-order valence-electron chi connectivity index (χ1n) is 8.07. The second kappa shape index (κ2) is 6.69. The van der Waals surface area contributed by atoms with Gasteiger partial charge in [-0.15, -0.1) is 5.10 Å². The van der Waals surface area contributed by atoms with Gasteiger partial charge in [0.2, 0.25) is 0 Å². The van der Waals surface area contributed by atoms with Crippen LogP contribution in [0.3, 0.4) is 0 Å². The molecule has 0 aliphatic carbocycles. The molecule has 4 rings (SSSR count). The van der Waals surface area contributed by atoms with Crippen molar-refractivity contribution in [2.75, 3.05) is 0 Å². The summed E-state index contributed by atoms with van der Waals surface area (Å²) in [5.74, 6) is -0.767. The molecule has 0 aliphatic rings. The average Bonchev–Trinajstić information content (AvgIpc) is 3.11. The Morgan fingerprint density at radius 2 is 1.70 bits per heavy atom. The van der Waals surface area contributed by atoms with Gasteiger partial charge in [-0.1, -0.05) is 54.1 Å². The fourth-order valence-electron chi connectivity index (χ4n) is 2.79. The van der Waals surface area contributed by atoms with Gasteiger partial charge in [-0.3, -0.25) is 9.59 Å². The summed E-state index contributed by atoms with van der Waals surface area (Å²) >= 11 is 5.93. The van der Waals surface area contributed by atoms with Gasteiger partial charge in [-0.05, 0) is 18.2 Å². The smallest absolute Gasteiger partial charge is 0.325 e. The van der Waals surface area contributed by atoms with E-state index in [9.17, 15) is 9.59 Å². The maximum Gasteiger partial charge on any atom is 0.325 e. The number of halogens is 1. The number of carboxylic acid groups (broad SMARTS) is 1. The van der Waals surface area contributed by atoms with Crippen LogP contribution < -0.4 is 5.56 Å². The van der Waals surface area contributed by atoms with E-state index in [4.69, 9.17) is 16.7 Å². The van der Waals surface area contributed by atoms with Crippen molar-refractivity contribution in [3.63, 3.8) is 0 Å². The minimum atomic E-state index is -1.15. The van der Waals surface area contributed by atoms with Crippen LogP contribution in [0.1, 0.15) is 0 Å². The van der Waals surface area contributed by atoms with Crippen molar-refractivity contribution in [3.05, 3.63) is 76.0 Å². The third-order valence-corrected chi connectivity index (χ3v) is 4.29. The van der Waals surface area contributed by atoms with E-state index in [1.54, 1.807) is 30.3 Å². The van der Waals surface area contributed by atoms with Crippen molar-refractivity contribution >= 4 is 23.1 Å². The number of carbonyl (C=O) groups is 1. The molecule has 0 radical (unpaired) electrons. The van der Waals surface area contributed by atoms with E-state index in [0.29, 0.717) is 22.1 Å². The Labute approximate surface area is 158 Å². The molecule has 0 saturated carbocycles. The molecule has 2 aromatic carbocycles. The molecule has 0 spiro atoms. The molecule has 4 aromatic rings. The Hall–Kier alpha value is -3.45. The van der Waals surface area contributed by atoms with E-state index in [2.05, 4.69) is 10.2 Å². The SMILES string of the molecule is O=C(O)Cn1nc(-c2ccccc2)n2nc(-c3ccc(Cl)cc3)cc2c1=O. The highest BCUT2D eigenvalue weighted by atomic mass is 35.5. The van der Waals surface area contributed by atoms with Crippen molar-refractivity contribution in [2.24, 2.45) is 0 Å². The Kier molecular flexibility index (Phi) is 4.21. The molecule has 0 unspecified atom stereocenters. The number of benzene rings is 2. The predicted octanol–water partition coefficient (Wildman–Crippen LogP) is 2.96. The average molecular weight is 381 g/mol. The third-order valence-electron chi connectivity index (χ3n) is 4.04. The van der Waals surface area contributed by atoms with E-state index in [0.717, 1.165) is 10.2 Å². The maximum absolute atomic E-state index is 12.7. The minimum Gasteiger partial charge on any atom is -0.480 e. The van der Waals surface area contributed by atoms with Gasteiger partial charge in [0.1, 0.15) is 12.1 Å². The first kappa shape index (κ1) is 17.0. The van der Waals surface area contributed by atoms with E-state index in [1.807, 2.05) is 30.3 Å². The van der Waals surface area contributed by atoms with Gasteiger partial charge in [0.15, 0.2) is 5.82 Å². The summed E-state index contributed by atoms with van der Waals surface area (Å²) in [7, 11) is 0. The summed E-state index contributed by atoms with van der Waals surface area (Å²) in [5.41, 5.74) is 1.79. The molecule has 0 amide bonds. The fourth-order valence-corrected chi connectivity index (χ4v) is 2.92. The van der Waals surface area contributed by atoms with E-state index >= 15 is 0 Å². The number of hydrogen-bond acceptors (Lipinski definition) is 4. The highest BCUT2D eigenvalue weighted by Crippen LogP contribution is 2.23. The quantitative estimate of drug-likeness (QED) is 0.588. The van der Waals surface area contributed by atoms with Gasteiger partial charge >= 0.3 is 5.97 Å². The molecule has 2 heterocycles. The molecule has 0 fully saturated rings. The normalized spacial score (nSPS) is 11.0. The molecule has 0 atom stereocenters. The lowest BCUT2D eigenvalue weighted by Crippen LogP contribution is -2.29. The van der Waals surface area contributed by atoms with E-state index < -0.39 is 18.1 Å². The highest BCUT2D eigenvalue weighted by Gasteiger charge is 2.17. The highest BCUT2D eigenvalue weighted by molar-refractivity contribution is 6.30. The Morgan fingerprint density at radius 3 is 2.37 bits per heavy atom. The number of carboxylic acids is 1. The lowest BCUT2D eigenvalue weighted by molar-refractivity contribution is -0.137. The molecule has 2 aromatic heterocycles. The molecule has 0 bridgehead atoms. The maximum atomic E-state index is 12.7. The number of nitrogens with zero attached hydrogens (tertiary/aromatic N) is 4. The summed E-state index contributed by atoms with van der Waals surface area (Å²) in [6.07, 6.45) is 0. The number of aromatic nitrogens is 4. The zero-order chi connectivity index (χ0) is 19.0. The van der Waals surface area contributed by atoms with Gasteiger partial charge in [-0.25, -0.2) is 9.20 Å². The topological polar surface area (TPSA) is 89.5 Å². The summed E-state index contributed by atoms with van der Waals surface area (Å²) in [5, 5.41) is 18.4. The molecular formula is C19H13ClN4O3. The number of fused-ring (bicyclic) bond motifs is 1. The summed E-state index contributed by atoms with van der Waals surface area (Å²) in [4.78, 5) is 23.8. The molecule has 0 aliphatic heterocycles. The number of rotatable bonds is 4. The van der Waals surface area contributed by atoms with Gasteiger partial charge in [0, 0.05) is 16.1 Å². The van der Waals surface area contributed by atoms with E-state index in [1.165, 1.54) is 4.52 Å². The third kappa shape index (κ3) is 3.20. The van der Waals surface area contributed by atoms with Gasteiger partial charge in [0.25, 0.3) is 5.56 Å². The number of aliphatic carboxylic acids is 1. The van der Waals surface area contributed by atoms with Gasteiger partial charge in [0.05, 0.1) is 5.69 Å². The lowest BCUT2D eigenvalue weighted by Gasteiger charge is -2.08. The molecular weight excluding hydrogens is 368 g/mol. The summed E-state index contributed by atoms with van der Waals surface area (Å²) in [6.45, 7) is -0.531. The van der Waals surface area contributed by atoms with Crippen molar-refractivity contribution in [3.8, 4) is 22.6 Å². The standard InChI is InChI=1S/C19H13ClN4O3/c20-14-8-6-12(7-9-14)15-10-16-19(27)23(11-17(25)26)22-18(24(16)21-15)13-4-2-1-3-5-13/h1-10H,11H2,(H,25,26). The van der Waals surface area contributed by atoms with Crippen molar-refractivity contribution in [1.29, 1.82) is 0 Å². The molecule has 134 valence electrons.